The molecule has 3 nitrogen and oxygen atoms in total. The molecule has 17 heavy (non-hydrogen) atoms. The monoisotopic (exact) mass is 233 g/mol. The van der Waals surface area contributed by atoms with E-state index >= 15 is 0 Å². The molecule has 0 spiro atoms. The zero-order valence-electron chi connectivity index (χ0n) is 11.1. The fraction of sp³-hybridized carbons (Fsp3) is 0.786. The van der Waals surface area contributed by atoms with Crippen LogP contribution in [0.25, 0.3) is 0 Å². The topological polar surface area (TPSA) is 40.7 Å². The van der Waals surface area contributed by atoms with Crippen LogP contribution in [-0.2, 0) is 5.54 Å². The minimum atomic E-state index is 0.186. The first kappa shape index (κ1) is 11.3. The zero-order chi connectivity index (χ0) is 12.0. The van der Waals surface area contributed by atoms with Crippen LogP contribution in [0.4, 0.5) is 0 Å². The van der Waals surface area contributed by atoms with Gasteiger partial charge in [-0.05, 0) is 57.1 Å². The fourth-order valence-electron chi connectivity index (χ4n) is 3.47. The molecule has 0 radical (unpaired) electrons. The molecule has 2 saturated carbocycles. The zero-order valence-corrected chi connectivity index (χ0v) is 11.1. The van der Waals surface area contributed by atoms with Crippen LogP contribution in [0.3, 0.4) is 0 Å². The van der Waals surface area contributed by atoms with Gasteiger partial charge in [-0.15, -0.1) is 0 Å². The molecule has 3 heteroatoms. The van der Waals surface area contributed by atoms with Gasteiger partial charge in [0.1, 0.15) is 0 Å². The summed E-state index contributed by atoms with van der Waals surface area (Å²) in [5.74, 6) is 2.82. The van der Waals surface area contributed by atoms with E-state index in [9.17, 15) is 0 Å². The van der Waals surface area contributed by atoms with E-state index in [1.165, 1.54) is 31.4 Å². The summed E-state index contributed by atoms with van der Waals surface area (Å²) in [6.07, 6.45) is 5.49. The normalized spacial score (nSPS) is 39.4. The third-order valence-corrected chi connectivity index (χ3v) is 4.89. The Morgan fingerprint density at radius 1 is 1.53 bits per heavy atom. The van der Waals surface area contributed by atoms with Crippen molar-refractivity contribution in [2.75, 3.05) is 7.05 Å². The minimum Gasteiger partial charge on any atom is -0.309 e. The minimum absolute atomic E-state index is 0.186. The molecule has 94 valence electrons. The predicted octanol–water partition coefficient (Wildman–Crippen LogP) is 2.59. The molecule has 0 aromatic carbocycles. The molecule has 1 aromatic rings. The van der Waals surface area contributed by atoms with Gasteiger partial charge in [0.15, 0.2) is 0 Å². The molecule has 2 fully saturated rings. The number of rotatable bonds is 5. The van der Waals surface area contributed by atoms with E-state index in [-0.39, 0.29) is 5.54 Å². The van der Waals surface area contributed by atoms with Gasteiger partial charge in [0.05, 0.1) is 11.2 Å². The van der Waals surface area contributed by atoms with Gasteiger partial charge in [0.25, 0.3) is 0 Å². The first-order valence-corrected chi connectivity index (χ1v) is 6.91. The van der Waals surface area contributed by atoms with Crippen molar-refractivity contribution in [1.82, 2.24) is 15.5 Å². The highest BCUT2D eigenvalue weighted by Gasteiger charge is 2.57. The van der Waals surface area contributed by atoms with E-state index in [1.54, 1.807) is 0 Å². The maximum atomic E-state index is 4.45. The molecular formula is C14H23N3. The first-order valence-electron chi connectivity index (χ1n) is 6.91. The summed E-state index contributed by atoms with van der Waals surface area (Å²) >= 11 is 0. The van der Waals surface area contributed by atoms with Crippen molar-refractivity contribution in [2.24, 2.45) is 17.8 Å². The summed E-state index contributed by atoms with van der Waals surface area (Å²) in [7, 11) is 2.08. The van der Waals surface area contributed by atoms with Crippen molar-refractivity contribution in [2.45, 2.75) is 45.1 Å². The Hall–Kier alpha value is -0.830. The van der Waals surface area contributed by atoms with E-state index in [0.717, 1.165) is 23.4 Å². The molecule has 4 unspecified atom stereocenters. The van der Waals surface area contributed by atoms with Crippen LogP contribution in [0.2, 0.25) is 0 Å². The smallest absolute Gasteiger partial charge is 0.0828 e. The molecule has 0 bridgehead atoms. The van der Waals surface area contributed by atoms with E-state index in [0.29, 0.717) is 0 Å². The van der Waals surface area contributed by atoms with Crippen LogP contribution in [-0.4, -0.2) is 17.2 Å². The van der Waals surface area contributed by atoms with Crippen molar-refractivity contribution in [3.8, 4) is 0 Å². The molecule has 0 amide bonds. The van der Waals surface area contributed by atoms with Gasteiger partial charge in [-0.3, -0.25) is 5.10 Å². The molecule has 3 rings (SSSR count). The van der Waals surface area contributed by atoms with Crippen molar-refractivity contribution in [1.29, 1.82) is 0 Å². The number of aromatic amines is 1. The standard InChI is InChI=1S/C14H23N3/c1-4-10-6-11(10)7-12-8-14(12,15-3)13-5-9(2)16-17-13/h5,10-12,15H,4,6-8H2,1-3H3,(H,16,17). The lowest BCUT2D eigenvalue weighted by Crippen LogP contribution is -2.28. The van der Waals surface area contributed by atoms with Gasteiger partial charge in [0.2, 0.25) is 0 Å². The highest BCUT2D eigenvalue weighted by Crippen LogP contribution is 2.58. The van der Waals surface area contributed by atoms with Gasteiger partial charge < -0.3 is 5.32 Å². The Labute approximate surface area is 103 Å². The lowest BCUT2D eigenvalue weighted by Gasteiger charge is -2.13. The van der Waals surface area contributed by atoms with Crippen LogP contribution in [0, 0.1) is 24.7 Å². The quantitative estimate of drug-likeness (QED) is 0.820. The summed E-state index contributed by atoms with van der Waals surface area (Å²) in [6, 6.07) is 2.20. The summed E-state index contributed by atoms with van der Waals surface area (Å²) in [6.45, 7) is 4.39. The van der Waals surface area contributed by atoms with Gasteiger partial charge >= 0.3 is 0 Å². The molecule has 2 N–H and O–H groups in total. The fourth-order valence-corrected chi connectivity index (χ4v) is 3.47. The number of nitrogens with zero attached hydrogens (tertiary/aromatic N) is 1. The van der Waals surface area contributed by atoms with Crippen molar-refractivity contribution in [3.05, 3.63) is 17.5 Å². The van der Waals surface area contributed by atoms with E-state index < -0.39 is 0 Å². The molecule has 2 aliphatic carbocycles. The first-order chi connectivity index (χ1) is 8.19. The van der Waals surface area contributed by atoms with Crippen LogP contribution in [0.5, 0.6) is 0 Å². The van der Waals surface area contributed by atoms with Gasteiger partial charge in [0, 0.05) is 5.69 Å². The second kappa shape index (κ2) is 3.84. The second-order valence-corrected chi connectivity index (χ2v) is 5.96. The molecule has 0 saturated heterocycles. The number of aryl methyl sites for hydroxylation is 1. The molecule has 4 atom stereocenters. The average Bonchev–Trinajstić information content (AvgIpc) is 3.20. The van der Waals surface area contributed by atoms with Crippen LogP contribution < -0.4 is 5.32 Å². The second-order valence-electron chi connectivity index (χ2n) is 5.96. The number of H-pyrrole nitrogens is 1. The van der Waals surface area contributed by atoms with Crippen LogP contribution in [0.15, 0.2) is 6.07 Å². The molecule has 0 aliphatic heterocycles. The van der Waals surface area contributed by atoms with Crippen molar-refractivity contribution >= 4 is 0 Å². The van der Waals surface area contributed by atoms with Crippen molar-refractivity contribution in [3.63, 3.8) is 0 Å². The lowest BCUT2D eigenvalue weighted by atomic mass is 10.0. The van der Waals surface area contributed by atoms with E-state index in [4.69, 9.17) is 0 Å². The Morgan fingerprint density at radius 3 is 2.88 bits per heavy atom. The third-order valence-electron chi connectivity index (χ3n) is 4.89. The Kier molecular flexibility index (Phi) is 2.54. The van der Waals surface area contributed by atoms with Crippen LogP contribution >= 0.6 is 0 Å². The number of aromatic nitrogens is 2. The Bertz CT molecular complexity index is 411. The highest BCUT2D eigenvalue weighted by atomic mass is 15.2. The molecule has 2 aliphatic rings. The lowest BCUT2D eigenvalue weighted by molar-refractivity contribution is 0.463. The van der Waals surface area contributed by atoms with Crippen molar-refractivity contribution < 1.29 is 0 Å². The van der Waals surface area contributed by atoms with Gasteiger partial charge in [-0.1, -0.05) is 13.3 Å². The maximum Gasteiger partial charge on any atom is 0.0828 e. The predicted molar refractivity (Wildman–Crippen MR) is 68.7 cm³/mol. The summed E-state index contributed by atoms with van der Waals surface area (Å²) in [5.41, 5.74) is 2.57. The number of hydrogen-bond donors (Lipinski definition) is 2. The van der Waals surface area contributed by atoms with E-state index in [2.05, 4.69) is 42.5 Å². The summed E-state index contributed by atoms with van der Waals surface area (Å²) < 4.78 is 0. The SMILES string of the molecule is CCC1CC1CC1CC1(NC)c1cc(C)[nH]n1. The number of hydrogen-bond acceptors (Lipinski definition) is 2. The summed E-state index contributed by atoms with van der Waals surface area (Å²) in [4.78, 5) is 0. The average molecular weight is 233 g/mol. The largest absolute Gasteiger partial charge is 0.309 e. The summed E-state index contributed by atoms with van der Waals surface area (Å²) in [5, 5.41) is 11.0. The molecule has 1 heterocycles. The Morgan fingerprint density at radius 2 is 2.35 bits per heavy atom. The third kappa shape index (κ3) is 1.81. The van der Waals surface area contributed by atoms with Crippen LogP contribution in [0.1, 0.15) is 44.0 Å². The maximum absolute atomic E-state index is 4.45. The number of nitrogens with one attached hydrogen (secondary N) is 2. The molecule has 1 aromatic heterocycles. The highest BCUT2D eigenvalue weighted by molar-refractivity contribution is 5.27. The molecular weight excluding hydrogens is 210 g/mol. The van der Waals surface area contributed by atoms with E-state index in [1.807, 2.05) is 0 Å². The van der Waals surface area contributed by atoms with Gasteiger partial charge in [-0.2, -0.15) is 5.10 Å². The Balaban J connectivity index is 1.66. The van der Waals surface area contributed by atoms with Gasteiger partial charge in [-0.25, -0.2) is 0 Å².